The zero-order valence-corrected chi connectivity index (χ0v) is 11.4. The fourth-order valence-electron chi connectivity index (χ4n) is 2.28. The van der Waals surface area contributed by atoms with E-state index in [4.69, 9.17) is 0 Å². The van der Waals surface area contributed by atoms with Crippen molar-refractivity contribution in [3.05, 3.63) is 0 Å². The van der Waals surface area contributed by atoms with Crippen LogP contribution in [0.4, 0.5) is 0 Å². The van der Waals surface area contributed by atoms with Gasteiger partial charge in [0.25, 0.3) is 0 Å². The van der Waals surface area contributed by atoms with Crippen LogP contribution in [-0.4, -0.2) is 32.5 Å². The highest BCUT2D eigenvalue weighted by Gasteiger charge is 2.23. The van der Waals surface area contributed by atoms with Gasteiger partial charge in [-0.05, 0) is 38.1 Å². The first-order valence-electron chi connectivity index (χ1n) is 6.51. The van der Waals surface area contributed by atoms with E-state index in [1.165, 1.54) is 19.3 Å². The topological polar surface area (TPSA) is 46.2 Å². The second kappa shape index (κ2) is 6.60. The van der Waals surface area contributed by atoms with Crippen molar-refractivity contribution in [2.24, 2.45) is 5.92 Å². The van der Waals surface area contributed by atoms with Crippen LogP contribution >= 0.6 is 0 Å². The predicted molar refractivity (Wildman–Crippen MR) is 68.4 cm³/mol. The molecule has 1 N–H and O–H groups in total. The van der Waals surface area contributed by atoms with E-state index in [1.807, 2.05) is 0 Å². The molecule has 0 radical (unpaired) electrons. The van der Waals surface area contributed by atoms with Gasteiger partial charge in [-0.3, -0.25) is 0 Å². The second-order valence-electron chi connectivity index (χ2n) is 4.90. The summed E-state index contributed by atoms with van der Waals surface area (Å²) in [5.41, 5.74) is 0. The van der Waals surface area contributed by atoms with E-state index in [1.54, 1.807) is 0 Å². The number of sulfone groups is 1. The lowest BCUT2D eigenvalue weighted by Gasteiger charge is -2.25. The van der Waals surface area contributed by atoms with Crippen LogP contribution < -0.4 is 5.32 Å². The predicted octanol–water partition coefficient (Wildman–Crippen LogP) is 1.98. The third-order valence-electron chi connectivity index (χ3n) is 3.50. The Bertz CT molecular complexity index is 273. The lowest BCUT2D eigenvalue weighted by atomic mass is 10.0. The second-order valence-corrected chi connectivity index (χ2v) is 7.20. The van der Waals surface area contributed by atoms with E-state index < -0.39 is 9.84 Å². The first-order chi connectivity index (χ1) is 7.57. The minimum absolute atomic E-state index is 0.393. The first kappa shape index (κ1) is 14.0. The van der Waals surface area contributed by atoms with Crippen LogP contribution in [0, 0.1) is 5.92 Å². The Morgan fingerprint density at radius 3 is 2.38 bits per heavy atom. The Morgan fingerprint density at radius 1 is 1.25 bits per heavy atom. The van der Waals surface area contributed by atoms with Gasteiger partial charge in [-0.15, -0.1) is 0 Å². The van der Waals surface area contributed by atoms with Gasteiger partial charge in [0.2, 0.25) is 0 Å². The van der Waals surface area contributed by atoms with Crippen LogP contribution in [0.25, 0.3) is 0 Å². The van der Waals surface area contributed by atoms with Gasteiger partial charge < -0.3 is 5.32 Å². The summed E-state index contributed by atoms with van der Waals surface area (Å²) in [5.74, 6) is 1.35. The van der Waals surface area contributed by atoms with Crippen molar-refractivity contribution in [1.29, 1.82) is 0 Å². The molecule has 1 atom stereocenters. The largest absolute Gasteiger partial charge is 0.314 e. The summed E-state index contributed by atoms with van der Waals surface area (Å²) < 4.78 is 22.5. The maximum atomic E-state index is 11.3. The number of rotatable bonds is 6. The van der Waals surface area contributed by atoms with Gasteiger partial charge in [0, 0.05) is 6.04 Å². The molecule has 0 amide bonds. The van der Waals surface area contributed by atoms with Crippen molar-refractivity contribution in [1.82, 2.24) is 5.32 Å². The molecule has 0 spiro atoms. The van der Waals surface area contributed by atoms with Crippen LogP contribution in [0.3, 0.4) is 0 Å². The fourth-order valence-corrected chi connectivity index (χ4v) is 3.86. The van der Waals surface area contributed by atoms with Crippen molar-refractivity contribution in [2.45, 2.75) is 52.0 Å². The van der Waals surface area contributed by atoms with Crippen molar-refractivity contribution in [3.8, 4) is 0 Å². The zero-order chi connectivity index (χ0) is 12.0. The third-order valence-corrected chi connectivity index (χ3v) is 5.21. The summed E-state index contributed by atoms with van der Waals surface area (Å²) in [6.45, 7) is 5.41. The Kier molecular flexibility index (Phi) is 5.76. The molecule has 1 heterocycles. The van der Waals surface area contributed by atoms with Crippen LogP contribution in [-0.2, 0) is 9.84 Å². The summed E-state index contributed by atoms with van der Waals surface area (Å²) in [4.78, 5) is 0. The normalized spacial score (nSPS) is 23.1. The number of nitrogens with one attached hydrogen (secondary N) is 1. The van der Waals surface area contributed by atoms with Crippen LogP contribution in [0.5, 0.6) is 0 Å². The van der Waals surface area contributed by atoms with Gasteiger partial charge in [-0.1, -0.05) is 20.3 Å². The Morgan fingerprint density at radius 2 is 1.88 bits per heavy atom. The first-order valence-corrected chi connectivity index (χ1v) is 8.33. The van der Waals surface area contributed by atoms with Crippen molar-refractivity contribution in [3.63, 3.8) is 0 Å². The Hall–Kier alpha value is -0.0900. The third kappa shape index (κ3) is 4.83. The maximum Gasteiger partial charge on any atom is 0.150 e. The highest BCUT2D eigenvalue weighted by Crippen LogP contribution is 2.18. The van der Waals surface area contributed by atoms with Gasteiger partial charge in [-0.2, -0.15) is 0 Å². The molecule has 0 aromatic carbocycles. The molecule has 16 heavy (non-hydrogen) atoms. The Balaban J connectivity index is 2.23. The Labute approximate surface area is 99.9 Å². The van der Waals surface area contributed by atoms with E-state index in [0.717, 1.165) is 19.4 Å². The summed E-state index contributed by atoms with van der Waals surface area (Å²) in [7, 11) is -2.70. The van der Waals surface area contributed by atoms with Gasteiger partial charge in [0.15, 0.2) is 0 Å². The van der Waals surface area contributed by atoms with Gasteiger partial charge in [0.1, 0.15) is 9.84 Å². The van der Waals surface area contributed by atoms with Crippen LogP contribution in [0.15, 0.2) is 0 Å². The molecule has 4 heteroatoms. The average molecular weight is 247 g/mol. The van der Waals surface area contributed by atoms with E-state index in [0.29, 0.717) is 23.5 Å². The average Bonchev–Trinajstić information content (AvgIpc) is 2.26. The van der Waals surface area contributed by atoms with E-state index in [2.05, 4.69) is 19.2 Å². The molecule has 1 saturated heterocycles. The van der Waals surface area contributed by atoms with E-state index in [9.17, 15) is 8.42 Å². The SMILES string of the molecule is CCCC(CC)NCC1CCS(=O)(=O)CC1. The molecule has 1 rings (SSSR count). The summed E-state index contributed by atoms with van der Waals surface area (Å²) >= 11 is 0. The van der Waals surface area contributed by atoms with Crippen LogP contribution in [0.1, 0.15) is 46.0 Å². The van der Waals surface area contributed by atoms with Gasteiger partial charge in [0.05, 0.1) is 11.5 Å². The molecule has 0 saturated carbocycles. The molecule has 3 nitrogen and oxygen atoms in total. The number of hydrogen-bond acceptors (Lipinski definition) is 3. The molecule has 1 fully saturated rings. The molecule has 96 valence electrons. The molecule has 0 aliphatic carbocycles. The molecular formula is C12H25NO2S. The van der Waals surface area contributed by atoms with Crippen molar-refractivity contribution < 1.29 is 8.42 Å². The van der Waals surface area contributed by atoms with Crippen molar-refractivity contribution in [2.75, 3.05) is 18.1 Å². The minimum Gasteiger partial charge on any atom is -0.314 e. The smallest absolute Gasteiger partial charge is 0.150 e. The van der Waals surface area contributed by atoms with Gasteiger partial charge >= 0.3 is 0 Å². The highest BCUT2D eigenvalue weighted by atomic mass is 32.2. The van der Waals surface area contributed by atoms with Crippen LogP contribution in [0.2, 0.25) is 0 Å². The summed E-state index contributed by atoms with van der Waals surface area (Å²) in [5, 5.41) is 3.57. The highest BCUT2D eigenvalue weighted by molar-refractivity contribution is 7.91. The van der Waals surface area contributed by atoms with Crippen molar-refractivity contribution >= 4 is 9.84 Å². The molecule has 0 bridgehead atoms. The molecule has 1 unspecified atom stereocenters. The lowest BCUT2D eigenvalue weighted by Crippen LogP contribution is -2.36. The summed E-state index contributed by atoms with van der Waals surface area (Å²) in [6, 6.07) is 0.614. The zero-order valence-electron chi connectivity index (χ0n) is 10.5. The number of hydrogen-bond donors (Lipinski definition) is 1. The lowest BCUT2D eigenvalue weighted by molar-refractivity contribution is 0.379. The molecular weight excluding hydrogens is 222 g/mol. The maximum absolute atomic E-state index is 11.3. The quantitative estimate of drug-likeness (QED) is 0.780. The monoisotopic (exact) mass is 247 g/mol. The van der Waals surface area contributed by atoms with E-state index >= 15 is 0 Å². The fraction of sp³-hybridized carbons (Fsp3) is 1.00. The molecule has 0 aromatic heterocycles. The minimum atomic E-state index is -2.70. The summed E-state index contributed by atoms with van der Waals surface area (Å²) in [6.07, 6.45) is 5.29. The van der Waals surface area contributed by atoms with E-state index in [-0.39, 0.29) is 0 Å². The van der Waals surface area contributed by atoms with Gasteiger partial charge in [-0.25, -0.2) is 8.42 Å². The molecule has 1 aliphatic rings. The molecule has 0 aromatic rings. The standard InChI is InChI=1S/C12H25NO2S/c1-3-5-12(4-2)13-10-11-6-8-16(14,15)9-7-11/h11-13H,3-10H2,1-2H3. The molecule has 1 aliphatic heterocycles.